The molecular weight excluding hydrogens is 560 g/mol. The third-order valence-electron chi connectivity index (χ3n) is 7.35. The first-order valence-corrected chi connectivity index (χ1v) is 15.3. The van der Waals surface area contributed by atoms with Crippen LogP contribution in [-0.2, 0) is 24.5 Å². The summed E-state index contributed by atoms with van der Waals surface area (Å²) in [6, 6.07) is 15.3. The van der Waals surface area contributed by atoms with E-state index in [1.54, 1.807) is 13.8 Å². The average molecular weight is 613 g/mol. The molecule has 2 aromatic carbocycles. The largest absolute Gasteiger partial charge is 0.491 e. The van der Waals surface area contributed by atoms with Crippen molar-refractivity contribution in [3.8, 4) is 11.5 Å². The van der Waals surface area contributed by atoms with Crippen LogP contribution in [0.5, 0.6) is 11.5 Å². The molecule has 2 unspecified atom stereocenters. The third-order valence-corrected chi connectivity index (χ3v) is 7.35. The molecule has 0 amide bonds. The maximum absolute atomic E-state index is 12.1. The summed E-state index contributed by atoms with van der Waals surface area (Å²) in [7, 11) is 0. The lowest BCUT2D eigenvalue weighted by Crippen LogP contribution is -2.39. The average Bonchev–Trinajstić information content (AvgIpc) is 3.02. The van der Waals surface area contributed by atoms with Crippen LogP contribution < -0.4 is 9.47 Å². The van der Waals surface area contributed by atoms with E-state index >= 15 is 0 Å². The highest BCUT2D eigenvalue weighted by molar-refractivity contribution is 5.87. The summed E-state index contributed by atoms with van der Waals surface area (Å²) in [5.74, 6) is 0.213. The molecule has 244 valence electrons. The Balaban J connectivity index is 0.00000474. The van der Waals surface area contributed by atoms with Crippen molar-refractivity contribution in [3.05, 3.63) is 84.0 Å². The van der Waals surface area contributed by atoms with Crippen LogP contribution in [0.3, 0.4) is 0 Å². The van der Waals surface area contributed by atoms with E-state index in [9.17, 15) is 19.8 Å². The van der Waals surface area contributed by atoms with Gasteiger partial charge in [0.05, 0.1) is 6.10 Å². The van der Waals surface area contributed by atoms with Crippen molar-refractivity contribution in [2.45, 2.75) is 97.9 Å². The molecule has 0 heterocycles. The molecule has 0 aliphatic carbocycles. The van der Waals surface area contributed by atoms with Gasteiger partial charge >= 0.3 is 11.9 Å². The van der Waals surface area contributed by atoms with Crippen LogP contribution in [-0.4, -0.2) is 59.8 Å². The summed E-state index contributed by atoms with van der Waals surface area (Å²) in [4.78, 5) is 23.6. The zero-order valence-electron chi connectivity index (χ0n) is 27.8. The van der Waals surface area contributed by atoms with Gasteiger partial charge in [-0.1, -0.05) is 79.0 Å². The van der Waals surface area contributed by atoms with Crippen molar-refractivity contribution >= 4 is 11.9 Å². The van der Waals surface area contributed by atoms with Crippen LogP contribution in [0.1, 0.15) is 85.8 Å². The molecule has 0 spiro atoms. The van der Waals surface area contributed by atoms with Crippen LogP contribution in [0.2, 0.25) is 0 Å². The molecule has 0 aliphatic rings. The smallest absolute Gasteiger partial charge is 0.333 e. The second-order valence-corrected chi connectivity index (χ2v) is 11.2. The standard InChI is InChI=1S/C34H46O8.C2H6/c1-9-34(10-2,42-32(38)24(5)6)19-27(35)20-39-29-15-11-25(12-16-29)33(7,8)26-13-17-30(18-14-26)40-21-28(36)22-41-31(37)23(3)4;1-2/h11-18,27-28,35-36H,3,5,9-10,19-22H2,1-2,4,6-8H3;1-2H3. The Morgan fingerprint density at radius 2 is 1.14 bits per heavy atom. The van der Waals surface area contributed by atoms with Gasteiger partial charge in [0.1, 0.15) is 43.0 Å². The molecule has 8 heteroatoms. The molecule has 2 rings (SSSR count). The molecular formula is C36H52O8. The molecule has 44 heavy (non-hydrogen) atoms. The first kappa shape index (κ1) is 38.4. The topological polar surface area (TPSA) is 112 Å². The number of rotatable bonds is 17. The van der Waals surface area contributed by atoms with Gasteiger partial charge < -0.3 is 29.2 Å². The van der Waals surface area contributed by atoms with Crippen molar-refractivity contribution in [1.82, 2.24) is 0 Å². The Bertz CT molecular complexity index is 1190. The Morgan fingerprint density at radius 3 is 1.52 bits per heavy atom. The zero-order chi connectivity index (χ0) is 33.5. The lowest BCUT2D eigenvalue weighted by atomic mass is 9.78. The first-order chi connectivity index (χ1) is 20.7. The number of aliphatic hydroxyl groups is 2. The normalized spacial score (nSPS) is 12.6. The predicted octanol–water partition coefficient (Wildman–Crippen LogP) is 6.71. The van der Waals surface area contributed by atoms with Gasteiger partial charge in [-0.3, -0.25) is 0 Å². The molecule has 0 fully saturated rings. The van der Waals surface area contributed by atoms with E-state index in [0.29, 0.717) is 29.9 Å². The number of ether oxygens (including phenoxy) is 4. The van der Waals surface area contributed by atoms with Gasteiger partial charge in [0, 0.05) is 23.0 Å². The van der Waals surface area contributed by atoms with E-state index < -0.39 is 29.7 Å². The van der Waals surface area contributed by atoms with Crippen LogP contribution in [0.4, 0.5) is 0 Å². The first-order valence-electron chi connectivity index (χ1n) is 15.3. The highest BCUT2D eigenvalue weighted by Gasteiger charge is 2.34. The highest BCUT2D eigenvalue weighted by atomic mass is 16.6. The van der Waals surface area contributed by atoms with E-state index in [1.807, 2.05) is 76.2 Å². The summed E-state index contributed by atoms with van der Waals surface area (Å²) in [5, 5.41) is 20.7. The Kier molecular flexibility index (Phi) is 15.9. The predicted molar refractivity (Wildman–Crippen MR) is 174 cm³/mol. The Hall–Kier alpha value is -3.62. The van der Waals surface area contributed by atoms with Crippen LogP contribution in [0, 0.1) is 0 Å². The number of esters is 2. The van der Waals surface area contributed by atoms with E-state index in [4.69, 9.17) is 18.9 Å². The minimum atomic E-state index is -0.953. The molecule has 0 saturated carbocycles. The second-order valence-electron chi connectivity index (χ2n) is 11.2. The molecule has 0 aromatic heterocycles. The third kappa shape index (κ3) is 11.8. The molecule has 2 aromatic rings. The molecule has 8 nitrogen and oxygen atoms in total. The lowest BCUT2D eigenvalue weighted by Gasteiger charge is -2.33. The van der Waals surface area contributed by atoms with Gasteiger partial charge in [-0.2, -0.15) is 0 Å². The highest BCUT2D eigenvalue weighted by Crippen LogP contribution is 2.34. The molecule has 0 radical (unpaired) electrons. The number of carbonyl (C=O) groups excluding carboxylic acids is 2. The minimum absolute atomic E-state index is 0.0140. The van der Waals surface area contributed by atoms with Crippen molar-refractivity contribution in [2.75, 3.05) is 19.8 Å². The van der Waals surface area contributed by atoms with E-state index in [0.717, 1.165) is 11.1 Å². The van der Waals surface area contributed by atoms with E-state index in [1.165, 1.54) is 0 Å². The van der Waals surface area contributed by atoms with Gasteiger partial charge in [0.15, 0.2) is 0 Å². The maximum Gasteiger partial charge on any atom is 0.333 e. The minimum Gasteiger partial charge on any atom is -0.491 e. The van der Waals surface area contributed by atoms with Crippen molar-refractivity contribution < 1.29 is 38.7 Å². The SMILES string of the molecule is C=C(C)C(=O)OCC(O)COc1ccc(C(C)(C)c2ccc(OCC(O)CC(CC)(CC)OC(=O)C(=C)C)cc2)cc1.CC. The monoisotopic (exact) mass is 612 g/mol. The van der Waals surface area contributed by atoms with Crippen molar-refractivity contribution in [2.24, 2.45) is 0 Å². The number of hydrogen-bond acceptors (Lipinski definition) is 8. The van der Waals surface area contributed by atoms with Gasteiger partial charge in [-0.05, 0) is 62.1 Å². The number of hydrogen-bond donors (Lipinski definition) is 2. The second kappa shape index (κ2) is 18.2. The number of carbonyl (C=O) groups is 2. The van der Waals surface area contributed by atoms with Gasteiger partial charge in [0.2, 0.25) is 0 Å². The summed E-state index contributed by atoms with van der Waals surface area (Å²) in [5.41, 5.74) is 1.65. The van der Waals surface area contributed by atoms with Crippen molar-refractivity contribution in [1.29, 1.82) is 0 Å². The van der Waals surface area contributed by atoms with Gasteiger partial charge in [-0.25, -0.2) is 9.59 Å². The maximum atomic E-state index is 12.1. The summed E-state index contributed by atoms with van der Waals surface area (Å²) in [6.45, 7) is 22.3. The van der Waals surface area contributed by atoms with Crippen molar-refractivity contribution in [3.63, 3.8) is 0 Å². The number of benzene rings is 2. The Morgan fingerprint density at radius 1 is 0.727 bits per heavy atom. The molecule has 0 bridgehead atoms. The lowest BCUT2D eigenvalue weighted by molar-refractivity contribution is -0.159. The van der Waals surface area contributed by atoms with Crippen LogP contribution in [0.25, 0.3) is 0 Å². The summed E-state index contributed by atoms with van der Waals surface area (Å²) < 4.78 is 22.1. The quantitative estimate of drug-likeness (QED) is 0.150. The fourth-order valence-corrected chi connectivity index (χ4v) is 4.33. The fourth-order valence-electron chi connectivity index (χ4n) is 4.33. The zero-order valence-corrected chi connectivity index (χ0v) is 27.8. The van der Waals surface area contributed by atoms with E-state index in [-0.39, 0.29) is 37.2 Å². The van der Waals surface area contributed by atoms with Crippen LogP contribution >= 0.6 is 0 Å². The summed E-state index contributed by atoms with van der Waals surface area (Å²) >= 11 is 0. The van der Waals surface area contributed by atoms with Gasteiger partial charge in [0.25, 0.3) is 0 Å². The molecule has 2 atom stereocenters. The molecule has 2 N–H and O–H groups in total. The Labute approximate surface area is 263 Å². The molecule has 0 aliphatic heterocycles. The summed E-state index contributed by atoms with van der Waals surface area (Å²) in [6.07, 6.45) is -0.347. The fraction of sp³-hybridized carbons (Fsp3) is 0.500. The van der Waals surface area contributed by atoms with Gasteiger partial charge in [-0.15, -0.1) is 0 Å². The van der Waals surface area contributed by atoms with E-state index in [2.05, 4.69) is 27.0 Å². The van der Waals surface area contributed by atoms with Crippen LogP contribution in [0.15, 0.2) is 72.8 Å². The number of aliphatic hydroxyl groups excluding tert-OH is 2. The molecule has 0 saturated heterocycles.